The number of nitrogen functional groups attached to an aromatic ring is 1. The molecule has 21 heavy (non-hydrogen) atoms. The van der Waals surface area contributed by atoms with Crippen LogP contribution in [-0.4, -0.2) is 30.5 Å². The van der Waals surface area contributed by atoms with Gasteiger partial charge in [0.1, 0.15) is 5.82 Å². The third kappa shape index (κ3) is 2.88. The van der Waals surface area contributed by atoms with Crippen molar-refractivity contribution in [3.63, 3.8) is 0 Å². The molecule has 2 atom stereocenters. The lowest BCUT2D eigenvalue weighted by Gasteiger charge is -2.13. The van der Waals surface area contributed by atoms with Crippen molar-refractivity contribution in [2.24, 2.45) is 11.8 Å². The molecule has 118 valence electrons. The van der Waals surface area contributed by atoms with E-state index in [0.29, 0.717) is 17.7 Å². The summed E-state index contributed by atoms with van der Waals surface area (Å²) in [7, 11) is -3.40. The molecule has 2 fully saturated rings. The topological polar surface area (TPSA) is 90.0 Å². The van der Waals surface area contributed by atoms with Crippen molar-refractivity contribution in [2.75, 3.05) is 17.3 Å². The molecular weight excluding hydrogens is 288 g/mol. The van der Waals surface area contributed by atoms with Gasteiger partial charge in [-0.15, -0.1) is 0 Å². The number of hydrogen-bond donors (Lipinski definition) is 2. The fraction of sp³-hybridized carbons (Fsp3) is 0.786. The van der Waals surface area contributed by atoms with E-state index >= 15 is 0 Å². The van der Waals surface area contributed by atoms with Gasteiger partial charge in [0.15, 0.2) is 20.6 Å². The highest BCUT2D eigenvalue weighted by Crippen LogP contribution is 2.42. The van der Waals surface area contributed by atoms with Gasteiger partial charge >= 0.3 is 0 Å². The maximum atomic E-state index is 12.1. The minimum atomic E-state index is -3.40. The summed E-state index contributed by atoms with van der Waals surface area (Å²) in [6.45, 7) is 4.13. The summed E-state index contributed by atoms with van der Waals surface area (Å²) in [5, 5.41) is 7.75. The zero-order chi connectivity index (χ0) is 15.4. The van der Waals surface area contributed by atoms with Crippen LogP contribution in [0.4, 0.5) is 11.6 Å². The Morgan fingerprint density at radius 1 is 1.24 bits per heavy atom. The molecule has 0 aromatic carbocycles. The number of nitrogens with one attached hydrogen (secondary N) is 1. The number of sulfone groups is 1. The van der Waals surface area contributed by atoms with Crippen molar-refractivity contribution in [3.05, 3.63) is 0 Å². The van der Waals surface area contributed by atoms with Crippen LogP contribution in [-0.2, 0) is 9.84 Å². The standard InChI is InChI=1S/C14H24N4O2S/c1-8(10-4-5-10)16-14-12(21(3,19)20)13(15)18(17-14)9(2)11-6-7-11/h8-11H,4-7,15H2,1-3H3,(H,16,17). The molecule has 1 aromatic heterocycles. The van der Waals surface area contributed by atoms with Gasteiger partial charge in [-0.25, -0.2) is 13.1 Å². The molecule has 3 N–H and O–H groups in total. The van der Waals surface area contributed by atoms with Gasteiger partial charge in [-0.1, -0.05) is 0 Å². The lowest BCUT2D eigenvalue weighted by atomic mass is 10.2. The first-order chi connectivity index (χ1) is 9.79. The van der Waals surface area contributed by atoms with E-state index in [0.717, 1.165) is 12.8 Å². The van der Waals surface area contributed by atoms with Crippen LogP contribution in [0.25, 0.3) is 0 Å². The van der Waals surface area contributed by atoms with Crippen molar-refractivity contribution in [3.8, 4) is 0 Å². The van der Waals surface area contributed by atoms with Crippen LogP contribution < -0.4 is 11.1 Å². The van der Waals surface area contributed by atoms with E-state index in [1.54, 1.807) is 4.68 Å². The van der Waals surface area contributed by atoms with Crippen LogP contribution in [0.2, 0.25) is 0 Å². The minimum Gasteiger partial charge on any atom is -0.383 e. The van der Waals surface area contributed by atoms with Crippen molar-refractivity contribution < 1.29 is 8.42 Å². The number of nitrogens with two attached hydrogens (primary N) is 1. The summed E-state index contributed by atoms with van der Waals surface area (Å²) >= 11 is 0. The molecule has 2 unspecified atom stereocenters. The van der Waals surface area contributed by atoms with Crippen LogP contribution in [0, 0.1) is 11.8 Å². The normalized spacial score (nSPS) is 22.0. The first-order valence-corrected chi connectivity index (χ1v) is 9.52. The Balaban J connectivity index is 1.97. The lowest BCUT2D eigenvalue weighted by Crippen LogP contribution is -2.19. The van der Waals surface area contributed by atoms with Crippen LogP contribution >= 0.6 is 0 Å². The number of hydrogen-bond acceptors (Lipinski definition) is 5. The Morgan fingerprint density at radius 3 is 2.29 bits per heavy atom. The molecule has 0 aliphatic heterocycles. The highest BCUT2D eigenvalue weighted by atomic mass is 32.2. The average Bonchev–Trinajstić information content (AvgIpc) is 3.25. The van der Waals surface area contributed by atoms with E-state index in [9.17, 15) is 8.42 Å². The third-order valence-corrected chi connectivity index (χ3v) is 5.80. The Labute approximate surface area is 126 Å². The monoisotopic (exact) mass is 312 g/mol. The van der Waals surface area contributed by atoms with Crippen molar-refractivity contribution in [1.82, 2.24) is 9.78 Å². The third-order valence-electron chi connectivity index (χ3n) is 4.66. The first-order valence-electron chi connectivity index (χ1n) is 7.63. The van der Waals surface area contributed by atoms with E-state index in [4.69, 9.17) is 5.73 Å². The smallest absolute Gasteiger partial charge is 0.182 e. The molecule has 1 heterocycles. The van der Waals surface area contributed by atoms with Crippen LogP contribution in [0.15, 0.2) is 4.90 Å². The summed E-state index contributed by atoms with van der Waals surface area (Å²) in [5.74, 6) is 1.86. The molecule has 6 nitrogen and oxygen atoms in total. The fourth-order valence-corrected chi connectivity index (χ4v) is 3.84. The number of anilines is 2. The van der Waals surface area contributed by atoms with Crippen LogP contribution in [0.5, 0.6) is 0 Å². The Bertz CT molecular complexity index is 644. The van der Waals surface area contributed by atoms with Gasteiger partial charge in [0, 0.05) is 12.3 Å². The number of nitrogens with zero attached hydrogens (tertiary/aromatic N) is 2. The molecule has 3 rings (SSSR count). The summed E-state index contributed by atoms with van der Waals surface area (Å²) in [6.07, 6.45) is 5.90. The van der Waals surface area contributed by atoms with Crippen LogP contribution in [0.3, 0.4) is 0 Å². The summed E-state index contributed by atoms with van der Waals surface area (Å²) in [6, 6.07) is 0.377. The van der Waals surface area contributed by atoms with Crippen molar-refractivity contribution >= 4 is 21.5 Å². The zero-order valence-corrected chi connectivity index (χ0v) is 13.7. The maximum absolute atomic E-state index is 12.1. The molecule has 7 heteroatoms. The van der Waals surface area contributed by atoms with E-state index in [2.05, 4.69) is 24.3 Å². The summed E-state index contributed by atoms with van der Waals surface area (Å²) in [4.78, 5) is 0.155. The lowest BCUT2D eigenvalue weighted by molar-refractivity contribution is 0.446. The summed E-state index contributed by atoms with van der Waals surface area (Å²) in [5.41, 5.74) is 6.11. The average molecular weight is 312 g/mol. The summed E-state index contributed by atoms with van der Waals surface area (Å²) < 4.78 is 25.9. The SMILES string of the molecule is CC(Nc1nn(C(C)C2CC2)c(N)c1S(C)(=O)=O)C1CC1. The first kappa shape index (κ1) is 14.7. The van der Waals surface area contributed by atoms with E-state index in [1.807, 2.05) is 0 Å². The molecule has 0 radical (unpaired) electrons. The zero-order valence-electron chi connectivity index (χ0n) is 12.8. The molecule has 0 bridgehead atoms. The van der Waals surface area contributed by atoms with Gasteiger partial charge in [-0.2, -0.15) is 5.10 Å². The molecule has 2 aliphatic rings. The van der Waals surface area contributed by atoms with Crippen molar-refractivity contribution in [1.29, 1.82) is 0 Å². The quantitative estimate of drug-likeness (QED) is 0.839. The Morgan fingerprint density at radius 2 is 1.81 bits per heavy atom. The minimum absolute atomic E-state index is 0.150. The van der Waals surface area contributed by atoms with Gasteiger partial charge < -0.3 is 11.1 Å². The highest BCUT2D eigenvalue weighted by molar-refractivity contribution is 7.91. The van der Waals surface area contributed by atoms with Gasteiger partial charge in [-0.05, 0) is 51.4 Å². The molecule has 0 amide bonds. The number of aromatic nitrogens is 2. The molecule has 2 aliphatic carbocycles. The van der Waals surface area contributed by atoms with Crippen LogP contribution in [0.1, 0.15) is 45.6 Å². The fourth-order valence-electron chi connectivity index (χ4n) is 2.91. The van der Waals surface area contributed by atoms with Crippen molar-refractivity contribution in [2.45, 2.75) is 56.5 Å². The second-order valence-corrected chi connectivity index (χ2v) is 8.58. The molecule has 1 aromatic rings. The van der Waals surface area contributed by atoms with Gasteiger partial charge in [0.2, 0.25) is 0 Å². The predicted octanol–water partition coefficient (Wildman–Crippen LogP) is 2.05. The van der Waals surface area contributed by atoms with Gasteiger partial charge in [0.05, 0.1) is 6.04 Å². The molecule has 2 saturated carbocycles. The van der Waals surface area contributed by atoms with E-state index in [-0.39, 0.29) is 22.8 Å². The largest absolute Gasteiger partial charge is 0.383 e. The second kappa shape index (κ2) is 4.90. The molecular formula is C14H24N4O2S. The maximum Gasteiger partial charge on any atom is 0.182 e. The Kier molecular flexibility index (Phi) is 3.43. The van der Waals surface area contributed by atoms with E-state index in [1.165, 1.54) is 19.1 Å². The molecule has 0 spiro atoms. The van der Waals surface area contributed by atoms with E-state index < -0.39 is 9.84 Å². The number of rotatable bonds is 6. The van der Waals surface area contributed by atoms with Gasteiger partial charge in [-0.3, -0.25) is 0 Å². The Hall–Kier alpha value is -1.24. The van der Waals surface area contributed by atoms with Gasteiger partial charge in [0.25, 0.3) is 0 Å². The molecule has 0 saturated heterocycles. The second-order valence-electron chi connectivity index (χ2n) is 6.63. The highest BCUT2D eigenvalue weighted by Gasteiger charge is 2.35. The predicted molar refractivity (Wildman–Crippen MR) is 83.0 cm³/mol.